The van der Waals surface area contributed by atoms with Crippen molar-refractivity contribution in [3.8, 4) is 12.1 Å². The number of hydrogen-bond donors (Lipinski definition) is 0. The van der Waals surface area contributed by atoms with Gasteiger partial charge in [0.1, 0.15) is 5.41 Å². The van der Waals surface area contributed by atoms with Gasteiger partial charge in [-0.05, 0) is 13.8 Å². The molecule has 0 spiro atoms. The zero-order valence-corrected chi connectivity index (χ0v) is 8.86. The summed E-state index contributed by atoms with van der Waals surface area (Å²) < 4.78 is 5.12. The molecule has 5 heteroatoms. The number of rotatable bonds is 1. The topological polar surface area (TPSA) is 77.1 Å². The summed E-state index contributed by atoms with van der Waals surface area (Å²) in [6, 6.07) is 3.92. The number of ether oxygens (including phenoxy) is 1. The van der Waals surface area contributed by atoms with Gasteiger partial charge in [0.15, 0.2) is 6.10 Å². The van der Waals surface area contributed by atoms with Gasteiger partial charge in [-0.3, -0.25) is 4.79 Å². The van der Waals surface area contributed by atoms with Crippen molar-refractivity contribution in [2.75, 3.05) is 19.7 Å². The van der Waals surface area contributed by atoms with E-state index in [0.717, 1.165) is 0 Å². The highest BCUT2D eigenvalue weighted by atomic mass is 16.5. The minimum atomic E-state index is -1.03. The molecule has 1 atom stereocenters. The number of morpholine rings is 1. The van der Waals surface area contributed by atoms with E-state index in [-0.39, 0.29) is 12.5 Å². The molecule has 0 aromatic rings. The summed E-state index contributed by atoms with van der Waals surface area (Å²) in [4.78, 5) is 13.4. The lowest BCUT2D eigenvalue weighted by molar-refractivity contribution is -0.143. The summed E-state index contributed by atoms with van der Waals surface area (Å²) in [6.07, 6.45) is -0.572. The Hall–Kier alpha value is -1.59. The maximum atomic E-state index is 11.9. The van der Waals surface area contributed by atoms with Crippen LogP contribution in [0.2, 0.25) is 0 Å². The smallest absolute Gasteiger partial charge is 0.242 e. The summed E-state index contributed by atoms with van der Waals surface area (Å²) >= 11 is 0. The van der Waals surface area contributed by atoms with Crippen molar-refractivity contribution in [1.82, 2.24) is 4.90 Å². The van der Waals surface area contributed by atoms with E-state index in [0.29, 0.717) is 13.2 Å². The lowest BCUT2D eigenvalue weighted by atomic mass is 9.93. The highest BCUT2D eigenvalue weighted by molar-refractivity contribution is 5.84. The van der Waals surface area contributed by atoms with E-state index < -0.39 is 11.5 Å². The SMILES string of the molecule is CC(C)(C#N)C(=O)N1CCOC(C#N)C1. The summed E-state index contributed by atoms with van der Waals surface area (Å²) in [5, 5.41) is 17.5. The van der Waals surface area contributed by atoms with Gasteiger partial charge < -0.3 is 9.64 Å². The van der Waals surface area contributed by atoms with Crippen LogP contribution < -0.4 is 0 Å². The van der Waals surface area contributed by atoms with Crippen LogP contribution in [0.25, 0.3) is 0 Å². The molecule has 1 saturated heterocycles. The molecular formula is C10H13N3O2. The van der Waals surface area contributed by atoms with Gasteiger partial charge in [-0.1, -0.05) is 0 Å². The van der Waals surface area contributed by atoms with Crippen molar-refractivity contribution in [2.45, 2.75) is 20.0 Å². The van der Waals surface area contributed by atoms with Gasteiger partial charge in [0.05, 0.1) is 25.3 Å². The molecule has 0 radical (unpaired) electrons. The second kappa shape index (κ2) is 4.29. The Kier molecular flexibility index (Phi) is 3.28. The van der Waals surface area contributed by atoms with Gasteiger partial charge >= 0.3 is 0 Å². The fourth-order valence-electron chi connectivity index (χ4n) is 1.35. The standard InChI is InChI=1S/C10H13N3O2/c1-10(2,7-12)9(14)13-3-4-15-8(5-11)6-13/h8H,3-4,6H2,1-2H3. The maximum Gasteiger partial charge on any atom is 0.242 e. The predicted molar refractivity (Wildman–Crippen MR) is 51.3 cm³/mol. The lowest BCUT2D eigenvalue weighted by Crippen LogP contribution is -2.49. The molecule has 0 bridgehead atoms. The Labute approximate surface area is 88.8 Å². The molecule has 5 nitrogen and oxygen atoms in total. The molecule has 0 aliphatic carbocycles. The number of amides is 1. The minimum Gasteiger partial charge on any atom is -0.360 e. The summed E-state index contributed by atoms with van der Waals surface area (Å²) in [5.41, 5.74) is -1.03. The lowest BCUT2D eigenvalue weighted by Gasteiger charge is -2.33. The highest BCUT2D eigenvalue weighted by Gasteiger charge is 2.34. The molecular weight excluding hydrogens is 194 g/mol. The van der Waals surface area contributed by atoms with Crippen LogP contribution in [0.5, 0.6) is 0 Å². The third kappa shape index (κ3) is 2.45. The van der Waals surface area contributed by atoms with Gasteiger partial charge in [0, 0.05) is 6.54 Å². The fourth-order valence-corrected chi connectivity index (χ4v) is 1.35. The van der Waals surface area contributed by atoms with E-state index in [9.17, 15) is 4.79 Å². The van der Waals surface area contributed by atoms with Crippen LogP contribution in [0.1, 0.15) is 13.8 Å². The second-order valence-corrected chi connectivity index (χ2v) is 3.98. The number of hydrogen-bond acceptors (Lipinski definition) is 4. The van der Waals surface area contributed by atoms with Crippen molar-refractivity contribution < 1.29 is 9.53 Å². The Balaban J connectivity index is 2.70. The Morgan fingerprint density at radius 2 is 2.20 bits per heavy atom. The van der Waals surface area contributed by atoms with Gasteiger partial charge in [0.25, 0.3) is 0 Å². The first-order valence-electron chi connectivity index (χ1n) is 4.73. The monoisotopic (exact) mass is 207 g/mol. The van der Waals surface area contributed by atoms with Crippen LogP contribution in [-0.4, -0.2) is 36.6 Å². The summed E-state index contributed by atoms with van der Waals surface area (Å²) in [6.45, 7) is 4.20. The number of carbonyl (C=O) groups excluding carboxylic acids is 1. The van der Waals surface area contributed by atoms with Crippen LogP contribution in [-0.2, 0) is 9.53 Å². The molecule has 0 saturated carbocycles. The molecule has 1 rings (SSSR count). The van der Waals surface area contributed by atoms with Crippen LogP contribution in [0.4, 0.5) is 0 Å². The quantitative estimate of drug-likeness (QED) is 0.619. The van der Waals surface area contributed by atoms with E-state index in [1.807, 2.05) is 12.1 Å². The molecule has 0 N–H and O–H groups in total. The van der Waals surface area contributed by atoms with Crippen molar-refractivity contribution in [3.63, 3.8) is 0 Å². The molecule has 15 heavy (non-hydrogen) atoms. The van der Waals surface area contributed by atoms with Gasteiger partial charge in [-0.25, -0.2) is 0 Å². The largest absolute Gasteiger partial charge is 0.360 e. The Bertz CT molecular complexity index is 338. The zero-order valence-electron chi connectivity index (χ0n) is 8.86. The summed E-state index contributed by atoms with van der Waals surface area (Å²) in [7, 11) is 0. The average molecular weight is 207 g/mol. The van der Waals surface area contributed by atoms with E-state index in [1.165, 1.54) is 4.90 Å². The maximum absolute atomic E-state index is 11.9. The molecule has 80 valence electrons. The molecule has 1 fully saturated rings. The fraction of sp³-hybridized carbons (Fsp3) is 0.700. The normalized spacial score (nSPS) is 21.6. The van der Waals surface area contributed by atoms with Crippen molar-refractivity contribution >= 4 is 5.91 Å². The van der Waals surface area contributed by atoms with Crippen LogP contribution in [0.3, 0.4) is 0 Å². The first kappa shape index (κ1) is 11.5. The third-order valence-electron chi connectivity index (χ3n) is 2.31. The van der Waals surface area contributed by atoms with Gasteiger partial charge in [-0.15, -0.1) is 0 Å². The average Bonchev–Trinajstić information content (AvgIpc) is 2.28. The zero-order chi connectivity index (χ0) is 11.5. The van der Waals surface area contributed by atoms with Crippen LogP contribution in [0, 0.1) is 28.1 Å². The van der Waals surface area contributed by atoms with E-state index in [4.69, 9.17) is 15.3 Å². The number of nitrogens with zero attached hydrogens (tertiary/aromatic N) is 3. The molecule has 1 unspecified atom stereocenters. The highest BCUT2D eigenvalue weighted by Crippen LogP contribution is 2.19. The number of nitriles is 2. The molecule has 0 aromatic heterocycles. The van der Waals surface area contributed by atoms with E-state index >= 15 is 0 Å². The van der Waals surface area contributed by atoms with Crippen LogP contribution >= 0.6 is 0 Å². The van der Waals surface area contributed by atoms with Crippen molar-refractivity contribution in [1.29, 1.82) is 10.5 Å². The second-order valence-electron chi connectivity index (χ2n) is 3.98. The van der Waals surface area contributed by atoms with Crippen LogP contribution in [0.15, 0.2) is 0 Å². The first-order valence-corrected chi connectivity index (χ1v) is 4.73. The molecule has 1 heterocycles. The molecule has 1 amide bonds. The Morgan fingerprint density at radius 1 is 1.53 bits per heavy atom. The third-order valence-corrected chi connectivity index (χ3v) is 2.31. The predicted octanol–water partition coefficient (Wildman–Crippen LogP) is 0.287. The van der Waals surface area contributed by atoms with E-state index in [1.54, 1.807) is 13.8 Å². The minimum absolute atomic E-state index is 0.242. The van der Waals surface area contributed by atoms with Gasteiger partial charge in [0.2, 0.25) is 5.91 Å². The van der Waals surface area contributed by atoms with Gasteiger partial charge in [-0.2, -0.15) is 10.5 Å². The first-order chi connectivity index (χ1) is 7.01. The number of carbonyl (C=O) groups is 1. The molecule has 1 aliphatic rings. The molecule has 0 aromatic carbocycles. The summed E-state index contributed by atoms with van der Waals surface area (Å²) in [5.74, 6) is -0.242. The van der Waals surface area contributed by atoms with E-state index in [2.05, 4.69) is 0 Å². The van der Waals surface area contributed by atoms with Crippen molar-refractivity contribution in [3.05, 3.63) is 0 Å². The molecule has 1 aliphatic heterocycles. The van der Waals surface area contributed by atoms with Crippen molar-refractivity contribution in [2.24, 2.45) is 5.41 Å². The Morgan fingerprint density at radius 3 is 2.73 bits per heavy atom.